The van der Waals surface area contributed by atoms with Gasteiger partial charge in [0.25, 0.3) is 0 Å². The third-order valence-corrected chi connectivity index (χ3v) is 6.48. The van der Waals surface area contributed by atoms with E-state index in [-0.39, 0.29) is 5.82 Å². The maximum Gasteiger partial charge on any atom is 0.159 e. The van der Waals surface area contributed by atoms with Crippen LogP contribution in [0.15, 0.2) is 36.4 Å². The van der Waals surface area contributed by atoms with Gasteiger partial charge in [-0.15, -0.1) is 0 Å². The Hall–Kier alpha value is -1.77. The summed E-state index contributed by atoms with van der Waals surface area (Å²) < 4.78 is 41.2. The van der Waals surface area contributed by atoms with Crippen molar-refractivity contribution in [3.05, 3.63) is 59.4 Å². The highest BCUT2D eigenvalue weighted by molar-refractivity contribution is 5.64. The highest BCUT2D eigenvalue weighted by Crippen LogP contribution is 2.37. The van der Waals surface area contributed by atoms with Crippen LogP contribution in [-0.4, -0.2) is 0 Å². The van der Waals surface area contributed by atoms with Gasteiger partial charge in [0.05, 0.1) is 0 Å². The molecule has 1 unspecified atom stereocenters. The molecule has 0 aromatic heterocycles. The van der Waals surface area contributed by atoms with E-state index in [9.17, 15) is 13.2 Å². The van der Waals surface area contributed by atoms with Crippen molar-refractivity contribution in [2.24, 2.45) is 17.8 Å². The maximum atomic E-state index is 14.6. The van der Waals surface area contributed by atoms with Crippen molar-refractivity contribution in [1.82, 2.24) is 0 Å². The summed E-state index contributed by atoms with van der Waals surface area (Å²) in [6, 6.07) is 8.66. The lowest BCUT2D eigenvalue weighted by Crippen LogP contribution is -2.21. The molecule has 0 spiro atoms. The van der Waals surface area contributed by atoms with Crippen LogP contribution in [-0.2, 0) is 6.42 Å². The van der Waals surface area contributed by atoms with Gasteiger partial charge in [0.1, 0.15) is 5.82 Å². The van der Waals surface area contributed by atoms with E-state index < -0.39 is 11.6 Å². The first-order valence-corrected chi connectivity index (χ1v) is 10.7. The van der Waals surface area contributed by atoms with Gasteiger partial charge < -0.3 is 0 Å². The Morgan fingerprint density at radius 1 is 0.893 bits per heavy atom. The number of unbranched alkanes of at least 4 members (excludes halogenated alkanes) is 1. The van der Waals surface area contributed by atoms with Gasteiger partial charge in [-0.1, -0.05) is 64.2 Å². The van der Waals surface area contributed by atoms with Crippen LogP contribution in [0.1, 0.15) is 64.4 Å². The molecule has 1 fully saturated rings. The monoisotopic (exact) mass is 388 g/mol. The van der Waals surface area contributed by atoms with E-state index in [2.05, 4.69) is 13.8 Å². The molecule has 28 heavy (non-hydrogen) atoms. The molecule has 0 saturated heterocycles. The largest absolute Gasteiger partial charge is 0.206 e. The second kappa shape index (κ2) is 9.62. The molecule has 0 bridgehead atoms. The average molecular weight is 389 g/mol. The second-order valence-corrected chi connectivity index (χ2v) is 8.55. The average Bonchev–Trinajstić information content (AvgIpc) is 2.69. The van der Waals surface area contributed by atoms with Gasteiger partial charge in [0, 0.05) is 5.56 Å². The van der Waals surface area contributed by atoms with E-state index >= 15 is 0 Å². The maximum absolute atomic E-state index is 14.6. The van der Waals surface area contributed by atoms with Gasteiger partial charge in [0.2, 0.25) is 0 Å². The Balaban J connectivity index is 1.60. The van der Waals surface area contributed by atoms with Gasteiger partial charge in [-0.3, -0.25) is 0 Å². The minimum atomic E-state index is -0.955. The number of benzene rings is 2. The lowest BCUT2D eigenvalue weighted by Gasteiger charge is -2.32. The van der Waals surface area contributed by atoms with Crippen molar-refractivity contribution < 1.29 is 13.2 Å². The number of hydrogen-bond donors (Lipinski definition) is 0. The van der Waals surface area contributed by atoms with Crippen molar-refractivity contribution in [2.75, 3.05) is 0 Å². The molecule has 3 heteroatoms. The van der Waals surface area contributed by atoms with Crippen molar-refractivity contribution in [1.29, 1.82) is 0 Å². The van der Waals surface area contributed by atoms with Gasteiger partial charge in [-0.05, 0) is 66.3 Å². The lowest BCUT2D eigenvalue weighted by atomic mass is 9.73. The van der Waals surface area contributed by atoms with Crippen molar-refractivity contribution >= 4 is 0 Å². The SMILES string of the molecule is CCCCC1CCC(C(C)Cc2ccc(-c3ccc(F)c(F)c3)c(F)c2)CC1. The van der Waals surface area contributed by atoms with Crippen LogP contribution in [0, 0.1) is 35.2 Å². The summed E-state index contributed by atoms with van der Waals surface area (Å²) in [6.45, 7) is 4.53. The summed E-state index contributed by atoms with van der Waals surface area (Å²) in [7, 11) is 0. The zero-order chi connectivity index (χ0) is 20.1. The molecule has 3 rings (SSSR count). The number of rotatable bonds is 7. The molecule has 1 aliphatic carbocycles. The summed E-state index contributed by atoms with van der Waals surface area (Å²) in [5.74, 6) is -0.106. The normalized spacial score (nSPS) is 20.9. The summed E-state index contributed by atoms with van der Waals surface area (Å²) >= 11 is 0. The zero-order valence-corrected chi connectivity index (χ0v) is 17.0. The lowest BCUT2D eigenvalue weighted by molar-refractivity contribution is 0.204. The van der Waals surface area contributed by atoms with Crippen molar-refractivity contribution in [2.45, 2.75) is 65.2 Å². The van der Waals surface area contributed by atoms with Crippen LogP contribution in [0.5, 0.6) is 0 Å². The third-order valence-electron chi connectivity index (χ3n) is 6.48. The topological polar surface area (TPSA) is 0 Å². The van der Waals surface area contributed by atoms with Gasteiger partial charge >= 0.3 is 0 Å². The Bertz CT molecular complexity index is 775. The molecule has 2 aromatic rings. The van der Waals surface area contributed by atoms with Crippen molar-refractivity contribution in [3.8, 4) is 11.1 Å². The molecular formula is C25H31F3. The fraction of sp³-hybridized carbons (Fsp3) is 0.520. The molecule has 1 atom stereocenters. The summed E-state index contributed by atoms with van der Waals surface area (Å²) in [4.78, 5) is 0. The fourth-order valence-corrected chi connectivity index (χ4v) is 4.66. The summed E-state index contributed by atoms with van der Waals surface area (Å²) in [6.07, 6.45) is 10.1. The molecule has 0 amide bonds. The number of hydrogen-bond acceptors (Lipinski definition) is 0. The molecule has 0 heterocycles. The quantitative estimate of drug-likeness (QED) is 0.451. The van der Waals surface area contributed by atoms with Crippen LogP contribution < -0.4 is 0 Å². The van der Waals surface area contributed by atoms with E-state index in [1.165, 1.54) is 51.0 Å². The van der Waals surface area contributed by atoms with Crippen LogP contribution in [0.3, 0.4) is 0 Å². The molecule has 0 nitrogen and oxygen atoms in total. The third kappa shape index (κ3) is 5.18. The Kier molecular flexibility index (Phi) is 7.20. The molecule has 1 saturated carbocycles. The highest BCUT2D eigenvalue weighted by atomic mass is 19.2. The van der Waals surface area contributed by atoms with Crippen LogP contribution in [0.4, 0.5) is 13.2 Å². The van der Waals surface area contributed by atoms with Gasteiger partial charge in [-0.25, -0.2) is 13.2 Å². The standard InChI is InChI=1S/C25H31F3/c1-3-4-5-18-6-9-20(10-7-18)17(2)14-19-8-12-22(24(27)15-19)21-11-13-23(26)25(28)16-21/h8,11-13,15-18,20H,3-7,9-10,14H2,1-2H3. The van der Waals surface area contributed by atoms with Crippen LogP contribution in [0.2, 0.25) is 0 Å². The molecule has 0 radical (unpaired) electrons. The first-order chi connectivity index (χ1) is 13.5. The minimum absolute atomic E-state index is 0.312. The van der Waals surface area contributed by atoms with Gasteiger partial charge in [-0.2, -0.15) is 0 Å². The van der Waals surface area contributed by atoms with E-state index in [0.717, 1.165) is 30.0 Å². The Morgan fingerprint density at radius 3 is 2.29 bits per heavy atom. The summed E-state index contributed by atoms with van der Waals surface area (Å²) in [5.41, 5.74) is 1.65. The van der Waals surface area contributed by atoms with Crippen molar-refractivity contribution in [3.63, 3.8) is 0 Å². The van der Waals surface area contributed by atoms with Crippen LogP contribution >= 0.6 is 0 Å². The van der Waals surface area contributed by atoms with Crippen LogP contribution in [0.25, 0.3) is 11.1 Å². The predicted molar refractivity (Wildman–Crippen MR) is 110 cm³/mol. The molecule has 1 aliphatic rings. The first-order valence-electron chi connectivity index (χ1n) is 10.7. The zero-order valence-electron chi connectivity index (χ0n) is 17.0. The predicted octanol–water partition coefficient (Wildman–Crippen LogP) is 7.95. The smallest absolute Gasteiger partial charge is 0.159 e. The minimum Gasteiger partial charge on any atom is -0.206 e. The highest BCUT2D eigenvalue weighted by Gasteiger charge is 2.25. The molecule has 0 aliphatic heterocycles. The Labute approximate surface area is 167 Å². The molecule has 0 N–H and O–H groups in total. The molecular weight excluding hydrogens is 357 g/mol. The number of halogens is 3. The first kappa shape index (κ1) is 21.0. The summed E-state index contributed by atoms with van der Waals surface area (Å²) in [5, 5.41) is 0. The van der Waals surface area contributed by atoms with E-state index in [1.807, 2.05) is 6.07 Å². The van der Waals surface area contributed by atoms with E-state index in [4.69, 9.17) is 0 Å². The Morgan fingerprint density at radius 2 is 1.64 bits per heavy atom. The molecule has 2 aromatic carbocycles. The second-order valence-electron chi connectivity index (χ2n) is 8.55. The fourth-order valence-electron chi connectivity index (χ4n) is 4.66. The van der Waals surface area contributed by atoms with E-state index in [0.29, 0.717) is 23.0 Å². The van der Waals surface area contributed by atoms with E-state index in [1.54, 1.807) is 12.1 Å². The molecule has 152 valence electrons. The van der Waals surface area contributed by atoms with Gasteiger partial charge in [0.15, 0.2) is 11.6 Å².